The predicted octanol–water partition coefficient (Wildman–Crippen LogP) is 2.73. The number of aromatic carboxylic acids is 1. The summed E-state index contributed by atoms with van der Waals surface area (Å²) in [6, 6.07) is 8.21. The molecular weight excluding hydrogens is 270 g/mol. The molecule has 2 rings (SSSR count). The fourth-order valence-electron chi connectivity index (χ4n) is 1.74. The van der Waals surface area contributed by atoms with Crippen LogP contribution in [0.3, 0.4) is 0 Å². The average Bonchev–Trinajstić information content (AvgIpc) is 2.46. The number of rotatable bonds is 5. The van der Waals surface area contributed by atoms with Crippen LogP contribution in [-0.2, 0) is 0 Å². The molecule has 1 heterocycles. The van der Waals surface area contributed by atoms with E-state index in [-0.39, 0.29) is 11.7 Å². The summed E-state index contributed by atoms with van der Waals surface area (Å²) in [5.74, 6) is 0.0352. The van der Waals surface area contributed by atoms with Gasteiger partial charge in [-0.2, -0.15) is 4.98 Å². The zero-order valence-electron chi connectivity index (χ0n) is 12.1. The Bertz CT molecular complexity index is 626. The largest absolute Gasteiger partial charge is 0.478 e. The Morgan fingerprint density at radius 2 is 1.90 bits per heavy atom. The lowest BCUT2D eigenvalue weighted by molar-refractivity contribution is 0.0697. The van der Waals surface area contributed by atoms with E-state index >= 15 is 0 Å². The van der Waals surface area contributed by atoms with Crippen molar-refractivity contribution in [1.82, 2.24) is 9.97 Å². The zero-order valence-corrected chi connectivity index (χ0v) is 12.1. The van der Waals surface area contributed by atoms with Crippen LogP contribution in [-0.4, -0.2) is 34.2 Å². The highest BCUT2D eigenvalue weighted by atomic mass is 16.5. The number of nitrogens with zero attached hydrogens (tertiary/aromatic N) is 3. The first-order chi connectivity index (χ1) is 9.97. The van der Waals surface area contributed by atoms with Crippen molar-refractivity contribution in [2.75, 3.05) is 11.9 Å². The molecule has 0 bridgehead atoms. The van der Waals surface area contributed by atoms with Crippen LogP contribution in [0.4, 0.5) is 11.6 Å². The maximum Gasteiger partial charge on any atom is 0.335 e. The third kappa shape index (κ3) is 3.68. The molecule has 0 atom stereocenters. The third-order valence-corrected chi connectivity index (χ3v) is 2.78. The number of hydrogen-bond donors (Lipinski definition) is 1. The first-order valence-electron chi connectivity index (χ1n) is 6.54. The number of anilines is 2. The highest BCUT2D eigenvalue weighted by Gasteiger charge is 2.10. The minimum atomic E-state index is -0.951. The van der Waals surface area contributed by atoms with Crippen LogP contribution in [0.1, 0.15) is 24.2 Å². The monoisotopic (exact) mass is 287 g/mol. The van der Waals surface area contributed by atoms with Gasteiger partial charge in [0.15, 0.2) is 0 Å². The van der Waals surface area contributed by atoms with E-state index in [4.69, 9.17) is 9.84 Å². The minimum absolute atomic E-state index is 0.0351. The summed E-state index contributed by atoms with van der Waals surface area (Å²) in [4.78, 5) is 21.1. The molecule has 6 nitrogen and oxygen atoms in total. The Balaban J connectivity index is 2.22. The van der Waals surface area contributed by atoms with Crippen molar-refractivity contribution >= 4 is 17.6 Å². The predicted molar refractivity (Wildman–Crippen MR) is 79.3 cm³/mol. The lowest BCUT2D eigenvalue weighted by Crippen LogP contribution is -2.14. The number of ether oxygens (including phenoxy) is 1. The number of carboxylic acid groups (broad SMARTS) is 1. The van der Waals surface area contributed by atoms with Gasteiger partial charge in [0.1, 0.15) is 0 Å². The molecule has 0 amide bonds. The van der Waals surface area contributed by atoms with Crippen LogP contribution in [0.2, 0.25) is 0 Å². The second kappa shape index (κ2) is 6.21. The third-order valence-electron chi connectivity index (χ3n) is 2.78. The van der Waals surface area contributed by atoms with Crippen molar-refractivity contribution in [2.24, 2.45) is 0 Å². The summed E-state index contributed by atoms with van der Waals surface area (Å²) >= 11 is 0. The van der Waals surface area contributed by atoms with Gasteiger partial charge in [0.25, 0.3) is 0 Å². The van der Waals surface area contributed by atoms with E-state index in [2.05, 4.69) is 9.97 Å². The van der Waals surface area contributed by atoms with E-state index in [0.717, 1.165) is 5.69 Å². The van der Waals surface area contributed by atoms with E-state index in [1.165, 1.54) is 0 Å². The number of hydrogen-bond acceptors (Lipinski definition) is 5. The fraction of sp³-hybridized carbons (Fsp3) is 0.267. The van der Waals surface area contributed by atoms with Gasteiger partial charge in [-0.05, 0) is 38.1 Å². The van der Waals surface area contributed by atoms with E-state index in [1.807, 2.05) is 20.9 Å². The second-order valence-electron chi connectivity index (χ2n) is 4.77. The molecular formula is C15H17N3O3. The normalized spacial score (nSPS) is 10.5. The number of carboxylic acids is 1. The number of aromatic nitrogens is 2. The van der Waals surface area contributed by atoms with Crippen molar-refractivity contribution in [3.05, 3.63) is 42.1 Å². The quantitative estimate of drug-likeness (QED) is 0.911. The standard InChI is InChI=1S/C15H17N3O3/c1-10(2)21-13-8-9-16-15(17-13)18(3)12-6-4-11(5-7-12)14(19)20/h4-10H,1-3H3,(H,19,20). The van der Waals surface area contributed by atoms with Crippen molar-refractivity contribution < 1.29 is 14.6 Å². The van der Waals surface area contributed by atoms with Gasteiger partial charge in [-0.15, -0.1) is 0 Å². The van der Waals surface area contributed by atoms with Crippen LogP contribution in [0, 0.1) is 0 Å². The molecule has 0 aliphatic rings. The Morgan fingerprint density at radius 1 is 1.24 bits per heavy atom. The second-order valence-corrected chi connectivity index (χ2v) is 4.77. The Kier molecular flexibility index (Phi) is 4.37. The molecule has 1 N–H and O–H groups in total. The summed E-state index contributed by atoms with van der Waals surface area (Å²) < 4.78 is 5.54. The molecule has 0 saturated heterocycles. The molecule has 0 spiro atoms. The summed E-state index contributed by atoms with van der Waals surface area (Å²) in [6.45, 7) is 3.85. The average molecular weight is 287 g/mol. The van der Waals surface area contributed by atoms with Crippen molar-refractivity contribution in [2.45, 2.75) is 20.0 Å². The molecule has 0 aliphatic carbocycles. The maximum absolute atomic E-state index is 10.8. The minimum Gasteiger partial charge on any atom is -0.478 e. The molecule has 0 unspecified atom stereocenters. The van der Waals surface area contributed by atoms with Crippen molar-refractivity contribution in [1.29, 1.82) is 0 Å². The highest BCUT2D eigenvalue weighted by Crippen LogP contribution is 2.22. The Labute approximate surface area is 123 Å². The molecule has 1 aromatic heterocycles. The van der Waals surface area contributed by atoms with Crippen molar-refractivity contribution in [3.8, 4) is 5.88 Å². The van der Waals surface area contributed by atoms with Gasteiger partial charge in [0.05, 0.1) is 11.7 Å². The molecule has 6 heteroatoms. The van der Waals surface area contributed by atoms with E-state index in [0.29, 0.717) is 11.8 Å². The smallest absolute Gasteiger partial charge is 0.335 e. The molecule has 0 fully saturated rings. The van der Waals surface area contributed by atoms with Gasteiger partial charge in [-0.3, -0.25) is 0 Å². The summed E-state index contributed by atoms with van der Waals surface area (Å²) in [7, 11) is 1.81. The Hall–Kier alpha value is -2.63. The first-order valence-corrected chi connectivity index (χ1v) is 6.54. The van der Waals surface area contributed by atoms with Gasteiger partial charge in [-0.1, -0.05) is 0 Å². The molecule has 0 saturated carbocycles. The van der Waals surface area contributed by atoms with Gasteiger partial charge < -0.3 is 14.7 Å². The number of benzene rings is 1. The topological polar surface area (TPSA) is 75.5 Å². The summed E-state index contributed by atoms with van der Waals surface area (Å²) in [6.07, 6.45) is 1.66. The van der Waals surface area contributed by atoms with E-state index < -0.39 is 5.97 Å². The van der Waals surface area contributed by atoms with Crippen LogP contribution >= 0.6 is 0 Å². The molecule has 110 valence electrons. The summed E-state index contributed by atoms with van der Waals surface area (Å²) in [5, 5.41) is 8.90. The molecule has 0 aliphatic heterocycles. The van der Waals surface area contributed by atoms with E-state index in [1.54, 1.807) is 41.4 Å². The van der Waals surface area contributed by atoms with Gasteiger partial charge in [0, 0.05) is 25.0 Å². The first kappa shape index (κ1) is 14.8. The van der Waals surface area contributed by atoms with Crippen LogP contribution in [0.5, 0.6) is 5.88 Å². The number of carbonyl (C=O) groups is 1. The van der Waals surface area contributed by atoms with Gasteiger partial charge >= 0.3 is 5.97 Å². The van der Waals surface area contributed by atoms with Crippen molar-refractivity contribution in [3.63, 3.8) is 0 Å². The molecule has 0 radical (unpaired) electrons. The fourth-order valence-corrected chi connectivity index (χ4v) is 1.74. The SMILES string of the molecule is CC(C)Oc1ccnc(N(C)c2ccc(C(=O)O)cc2)n1. The van der Waals surface area contributed by atoms with Crippen LogP contribution in [0.25, 0.3) is 0 Å². The Morgan fingerprint density at radius 3 is 2.48 bits per heavy atom. The lowest BCUT2D eigenvalue weighted by Gasteiger charge is -2.18. The van der Waals surface area contributed by atoms with E-state index in [9.17, 15) is 4.79 Å². The molecule has 1 aromatic carbocycles. The highest BCUT2D eigenvalue weighted by molar-refractivity contribution is 5.88. The summed E-state index contributed by atoms with van der Waals surface area (Å²) in [5.41, 5.74) is 1.03. The lowest BCUT2D eigenvalue weighted by atomic mass is 10.2. The zero-order chi connectivity index (χ0) is 15.4. The van der Waals surface area contributed by atoms with Crippen LogP contribution in [0.15, 0.2) is 36.5 Å². The van der Waals surface area contributed by atoms with Gasteiger partial charge in [-0.25, -0.2) is 9.78 Å². The van der Waals surface area contributed by atoms with Crippen LogP contribution < -0.4 is 9.64 Å². The van der Waals surface area contributed by atoms with Gasteiger partial charge in [0.2, 0.25) is 11.8 Å². The molecule has 21 heavy (non-hydrogen) atoms. The maximum atomic E-state index is 10.8. The molecule has 2 aromatic rings.